The van der Waals surface area contributed by atoms with E-state index in [-0.39, 0.29) is 0 Å². The Bertz CT molecular complexity index is 253. The van der Waals surface area contributed by atoms with Crippen LogP contribution in [0, 0.1) is 0 Å². The van der Waals surface area contributed by atoms with Gasteiger partial charge in [-0.3, -0.25) is 0 Å². The molecule has 0 fully saturated rings. The van der Waals surface area contributed by atoms with Crippen LogP contribution in [0.2, 0.25) is 0 Å². The van der Waals surface area contributed by atoms with E-state index < -0.39 is 7.69 Å². The van der Waals surface area contributed by atoms with Crippen LogP contribution < -0.4 is 0 Å². The fourth-order valence-electron chi connectivity index (χ4n) is 0.697. The molecular formula is C6H7BO2S2. The number of thiophene rings is 2. The van der Waals surface area contributed by atoms with Crippen molar-refractivity contribution < 1.29 is 10.0 Å². The quantitative estimate of drug-likeness (QED) is 0.607. The molecule has 5 heteroatoms. The predicted octanol–water partition coefficient (Wildman–Crippen LogP) is 1.20. The predicted molar refractivity (Wildman–Crippen MR) is 51.3 cm³/mol. The molecule has 2 aromatic heterocycles. The van der Waals surface area contributed by atoms with Gasteiger partial charge in [0.25, 0.3) is 0 Å². The van der Waals surface area contributed by atoms with Crippen molar-refractivity contribution >= 4 is 39.8 Å². The van der Waals surface area contributed by atoms with E-state index in [1.165, 1.54) is 9.40 Å². The highest BCUT2D eigenvalue weighted by Crippen LogP contribution is 2.25. The van der Waals surface area contributed by atoms with Crippen molar-refractivity contribution in [3.63, 3.8) is 0 Å². The summed E-state index contributed by atoms with van der Waals surface area (Å²) in [6.45, 7) is 0. The maximum absolute atomic E-state index is 7.12. The Hall–Kier alpha value is -0.355. The van der Waals surface area contributed by atoms with Gasteiger partial charge in [-0.1, -0.05) is 0 Å². The second-order valence-corrected chi connectivity index (χ2v) is 3.61. The first-order chi connectivity index (χ1) is 5.38. The molecule has 0 radical (unpaired) electrons. The molecule has 11 heavy (non-hydrogen) atoms. The molecule has 0 bridgehead atoms. The van der Waals surface area contributed by atoms with Gasteiger partial charge in [-0.2, -0.15) is 0 Å². The molecule has 0 aliphatic heterocycles. The number of fused-ring (bicyclic) bond motifs is 1. The van der Waals surface area contributed by atoms with Gasteiger partial charge in [-0.25, -0.2) is 0 Å². The summed E-state index contributed by atoms with van der Waals surface area (Å²) in [5, 5.41) is 18.5. The Morgan fingerprint density at radius 1 is 1.00 bits per heavy atom. The lowest BCUT2D eigenvalue weighted by atomic mass is 10.5. The lowest BCUT2D eigenvalue weighted by molar-refractivity contribution is 0.448. The van der Waals surface area contributed by atoms with Gasteiger partial charge in [0.15, 0.2) is 0 Å². The SMILES string of the molecule is OBO.c1cc2sccc2s1. The third-order valence-electron chi connectivity index (χ3n) is 1.07. The third kappa shape index (κ3) is 2.30. The van der Waals surface area contributed by atoms with Crippen LogP contribution in [0.3, 0.4) is 0 Å². The van der Waals surface area contributed by atoms with Gasteiger partial charge >= 0.3 is 7.69 Å². The summed E-state index contributed by atoms with van der Waals surface area (Å²) < 4.78 is 2.82. The normalized spacial score (nSPS) is 8.91. The van der Waals surface area contributed by atoms with Crippen LogP contribution in [0.25, 0.3) is 9.40 Å². The van der Waals surface area contributed by atoms with Gasteiger partial charge in [0.05, 0.1) is 0 Å². The Labute approximate surface area is 73.0 Å². The fraction of sp³-hybridized carbons (Fsp3) is 0. The lowest BCUT2D eigenvalue weighted by Gasteiger charge is -1.63. The zero-order valence-corrected chi connectivity index (χ0v) is 7.36. The van der Waals surface area contributed by atoms with Crippen molar-refractivity contribution in [2.45, 2.75) is 0 Å². The molecule has 2 nitrogen and oxygen atoms in total. The molecule has 2 N–H and O–H groups in total. The van der Waals surface area contributed by atoms with Crippen LogP contribution in [0.5, 0.6) is 0 Å². The molecule has 58 valence electrons. The van der Waals surface area contributed by atoms with Gasteiger partial charge in [-0.15, -0.1) is 22.7 Å². The summed E-state index contributed by atoms with van der Waals surface area (Å²) >= 11 is 3.61. The van der Waals surface area contributed by atoms with Crippen LogP contribution in [-0.2, 0) is 0 Å². The summed E-state index contributed by atoms with van der Waals surface area (Å²) in [5.41, 5.74) is 0. The summed E-state index contributed by atoms with van der Waals surface area (Å²) in [5.74, 6) is 0. The van der Waals surface area contributed by atoms with Crippen molar-refractivity contribution in [3.8, 4) is 0 Å². The second kappa shape index (κ2) is 4.51. The average molecular weight is 186 g/mol. The number of hydrogen-bond acceptors (Lipinski definition) is 4. The summed E-state index contributed by atoms with van der Waals surface area (Å²) in [4.78, 5) is 0. The molecule has 0 atom stereocenters. The maximum Gasteiger partial charge on any atom is 0.432 e. The molecule has 0 spiro atoms. The van der Waals surface area contributed by atoms with E-state index in [9.17, 15) is 0 Å². The van der Waals surface area contributed by atoms with E-state index in [1.807, 2.05) is 0 Å². The minimum atomic E-state index is -0.750. The average Bonchev–Trinajstić information content (AvgIpc) is 2.44. The monoisotopic (exact) mass is 186 g/mol. The minimum absolute atomic E-state index is 0.750. The van der Waals surface area contributed by atoms with E-state index in [4.69, 9.17) is 10.0 Å². The zero-order chi connectivity index (χ0) is 8.10. The third-order valence-corrected chi connectivity index (χ3v) is 2.97. The first-order valence-corrected chi connectivity index (χ1v) is 4.77. The Morgan fingerprint density at radius 2 is 1.36 bits per heavy atom. The summed E-state index contributed by atoms with van der Waals surface area (Å²) in [6, 6.07) is 4.31. The fourth-order valence-corrected chi connectivity index (χ4v) is 2.52. The minimum Gasteiger partial charge on any atom is -0.430 e. The summed E-state index contributed by atoms with van der Waals surface area (Å²) in [7, 11) is -0.750. The molecule has 0 amide bonds. The van der Waals surface area contributed by atoms with E-state index in [2.05, 4.69) is 22.9 Å². The van der Waals surface area contributed by atoms with Crippen molar-refractivity contribution in [2.75, 3.05) is 0 Å². The molecule has 0 unspecified atom stereocenters. The molecule has 2 rings (SSSR count). The van der Waals surface area contributed by atoms with Gasteiger partial charge in [0, 0.05) is 9.40 Å². The van der Waals surface area contributed by atoms with E-state index in [0.717, 1.165) is 0 Å². The smallest absolute Gasteiger partial charge is 0.430 e. The molecule has 0 aliphatic carbocycles. The first kappa shape index (κ1) is 8.74. The second-order valence-electron chi connectivity index (χ2n) is 1.71. The standard InChI is InChI=1S/C6H4S2.BH3O2/c1-3-7-6-2-4-8-5(1)6;2-1-3/h1-4H;1-3H. The molecule has 0 aromatic carbocycles. The molecule has 2 heterocycles. The van der Waals surface area contributed by atoms with Gasteiger partial charge in [-0.05, 0) is 22.9 Å². The Balaban J connectivity index is 0.000000179. The van der Waals surface area contributed by atoms with E-state index >= 15 is 0 Å². The van der Waals surface area contributed by atoms with Crippen LogP contribution in [0.4, 0.5) is 0 Å². The molecule has 0 saturated heterocycles. The number of rotatable bonds is 0. The van der Waals surface area contributed by atoms with Gasteiger partial charge in [0.2, 0.25) is 0 Å². The Morgan fingerprint density at radius 3 is 1.73 bits per heavy atom. The highest BCUT2D eigenvalue weighted by Gasteiger charge is 1.90. The van der Waals surface area contributed by atoms with Crippen molar-refractivity contribution in [2.24, 2.45) is 0 Å². The van der Waals surface area contributed by atoms with Gasteiger partial charge in [0.1, 0.15) is 0 Å². The largest absolute Gasteiger partial charge is 0.432 e. The molecule has 0 saturated carbocycles. The lowest BCUT2D eigenvalue weighted by Crippen LogP contribution is -1.75. The topological polar surface area (TPSA) is 40.5 Å². The van der Waals surface area contributed by atoms with Crippen LogP contribution in [0.1, 0.15) is 0 Å². The zero-order valence-electron chi connectivity index (χ0n) is 5.73. The molecule has 0 aliphatic rings. The van der Waals surface area contributed by atoms with Crippen LogP contribution in [-0.4, -0.2) is 17.7 Å². The van der Waals surface area contributed by atoms with Gasteiger partial charge < -0.3 is 10.0 Å². The maximum atomic E-state index is 7.12. The highest BCUT2D eigenvalue weighted by molar-refractivity contribution is 7.25. The van der Waals surface area contributed by atoms with Crippen molar-refractivity contribution in [1.82, 2.24) is 0 Å². The molecular weight excluding hydrogens is 179 g/mol. The number of hydrogen-bond donors (Lipinski definition) is 2. The van der Waals surface area contributed by atoms with E-state index in [1.54, 1.807) is 22.7 Å². The summed E-state index contributed by atoms with van der Waals surface area (Å²) in [6.07, 6.45) is 0. The molecule has 2 aromatic rings. The first-order valence-electron chi connectivity index (χ1n) is 3.01. The van der Waals surface area contributed by atoms with E-state index in [0.29, 0.717) is 0 Å². The Kier molecular flexibility index (Phi) is 3.58. The van der Waals surface area contributed by atoms with Crippen molar-refractivity contribution in [3.05, 3.63) is 22.9 Å². The van der Waals surface area contributed by atoms with Crippen LogP contribution >= 0.6 is 22.7 Å². The van der Waals surface area contributed by atoms with Crippen LogP contribution in [0.15, 0.2) is 22.9 Å². The highest BCUT2D eigenvalue weighted by atomic mass is 32.1. The van der Waals surface area contributed by atoms with Crippen molar-refractivity contribution in [1.29, 1.82) is 0 Å².